The summed E-state index contributed by atoms with van der Waals surface area (Å²) < 4.78 is 10.8. The molecule has 0 spiro atoms. The molecule has 0 saturated heterocycles. The van der Waals surface area contributed by atoms with E-state index in [1.165, 1.54) is 6.26 Å². The third-order valence-corrected chi connectivity index (χ3v) is 4.70. The lowest BCUT2D eigenvalue weighted by Crippen LogP contribution is -2.10. The highest BCUT2D eigenvalue weighted by atomic mass is 32.2. The topological polar surface area (TPSA) is 81.2 Å². The predicted molar refractivity (Wildman–Crippen MR) is 102 cm³/mol. The standard InChI is InChI=1S/C20H15N3O3S/c24-19(17-7-4-12-25-17)21-15-8-10-16(11-9-15)27-13-18-22-23-20(26-18)14-5-2-1-3-6-14/h1-12H,13H2,(H,21,24). The van der Waals surface area contributed by atoms with E-state index in [0.717, 1.165) is 10.5 Å². The molecule has 27 heavy (non-hydrogen) atoms. The second-order valence-electron chi connectivity index (χ2n) is 5.61. The van der Waals surface area contributed by atoms with E-state index < -0.39 is 0 Å². The van der Waals surface area contributed by atoms with E-state index in [4.69, 9.17) is 8.83 Å². The van der Waals surface area contributed by atoms with Gasteiger partial charge in [0.15, 0.2) is 5.76 Å². The van der Waals surface area contributed by atoms with Crippen LogP contribution in [0, 0.1) is 0 Å². The maximum Gasteiger partial charge on any atom is 0.291 e. The summed E-state index contributed by atoms with van der Waals surface area (Å²) in [5.74, 6) is 1.65. The molecule has 4 aromatic rings. The molecule has 1 N–H and O–H groups in total. The number of nitrogens with one attached hydrogen (secondary N) is 1. The number of hydrogen-bond donors (Lipinski definition) is 1. The fraction of sp³-hybridized carbons (Fsp3) is 0.0500. The number of anilines is 1. The summed E-state index contributed by atoms with van der Waals surface area (Å²) in [6, 6.07) is 20.5. The van der Waals surface area contributed by atoms with Crippen LogP contribution in [0.25, 0.3) is 11.5 Å². The maximum atomic E-state index is 12.0. The second kappa shape index (κ2) is 7.92. The Morgan fingerprint density at radius 3 is 2.52 bits per heavy atom. The van der Waals surface area contributed by atoms with Gasteiger partial charge < -0.3 is 14.2 Å². The zero-order chi connectivity index (χ0) is 18.5. The van der Waals surface area contributed by atoms with Crippen LogP contribution in [-0.2, 0) is 5.75 Å². The van der Waals surface area contributed by atoms with E-state index in [2.05, 4.69) is 15.5 Å². The number of amides is 1. The number of benzene rings is 2. The van der Waals surface area contributed by atoms with Gasteiger partial charge in [0.05, 0.1) is 12.0 Å². The van der Waals surface area contributed by atoms with Gasteiger partial charge in [0, 0.05) is 16.1 Å². The lowest BCUT2D eigenvalue weighted by Gasteiger charge is -2.04. The van der Waals surface area contributed by atoms with Crippen molar-refractivity contribution in [3.8, 4) is 11.5 Å². The third kappa shape index (κ3) is 4.27. The Bertz CT molecular complexity index is 1010. The Kier molecular flexibility index (Phi) is 5.02. The van der Waals surface area contributed by atoms with Gasteiger partial charge in [-0.1, -0.05) is 18.2 Å². The average Bonchev–Trinajstić information content (AvgIpc) is 3.40. The molecule has 2 heterocycles. The van der Waals surface area contributed by atoms with Crippen molar-refractivity contribution in [3.63, 3.8) is 0 Å². The number of nitrogens with zero attached hydrogens (tertiary/aromatic N) is 2. The molecule has 4 rings (SSSR count). The smallest absolute Gasteiger partial charge is 0.291 e. The minimum atomic E-state index is -0.278. The molecule has 0 saturated carbocycles. The van der Waals surface area contributed by atoms with E-state index in [0.29, 0.717) is 23.2 Å². The van der Waals surface area contributed by atoms with Crippen LogP contribution >= 0.6 is 11.8 Å². The first-order valence-electron chi connectivity index (χ1n) is 8.23. The molecule has 134 valence electrons. The van der Waals surface area contributed by atoms with Gasteiger partial charge in [-0.3, -0.25) is 4.79 Å². The highest BCUT2D eigenvalue weighted by Gasteiger charge is 2.10. The van der Waals surface area contributed by atoms with Gasteiger partial charge in [-0.2, -0.15) is 0 Å². The van der Waals surface area contributed by atoms with Gasteiger partial charge in [-0.25, -0.2) is 0 Å². The van der Waals surface area contributed by atoms with Crippen molar-refractivity contribution in [2.75, 3.05) is 5.32 Å². The van der Waals surface area contributed by atoms with Crippen LogP contribution in [0.15, 0.2) is 86.7 Å². The predicted octanol–water partition coefficient (Wildman–Crippen LogP) is 4.87. The lowest BCUT2D eigenvalue weighted by atomic mass is 10.2. The summed E-state index contributed by atoms with van der Waals surface area (Å²) in [6.07, 6.45) is 1.47. The molecular formula is C20H15N3O3S. The summed E-state index contributed by atoms with van der Waals surface area (Å²) >= 11 is 1.58. The van der Waals surface area contributed by atoms with Crippen LogP contribution in [0.4, 0.5) is 5.69 Å². The normalized spacial score (nSPS) is 10.7. The molecule has 0 fully saturated rings. The molecular weight excluding hydrogens is 362 g/mol. The lowest BCUT2D eigenvalue weighted by molar-refractivity contribution is 0.0996. The van der Waals surface area contributed by atoms with E-state index >= 15 is 0 Å². The first-order chi connectivity index (χ1) is 13.3. The molecule has 0 aliphatic heterocycles. The fourth-order valence-corrected chi connectivity index (χ4v) is 3.12. The molecule has 1 amide bonds. The van der Waals surface area contributed by atoms with Gasteiger partial charge in [-0.15, -0.1) is 22.0 Å². The zero-order valence-corrected chi connectivity index (χ0v) is 15.0. The van der Waals surface area contributed by atoms with E-state index in [1.807, 2.05) is 54.6 Å². The van der Waals surface area contributed by atoms with E-state index in [1.54, 1.807) is 23.9 Å². The van der Waals surface area contributed by atoms with Gasteiger partial charge in [0.2, 0.25) is 11.8 Å². The third-order valence-electron chi connectivity index (χ3n) is 3.71. The Hall–Kier alpha value is -3.32. The Morgan fingerprint density at radius 1 is 0.963 bits per heavy atom. The van der Waals surface area contributed by atoms with Gasteiger partial charge in [-0.05, 0) is 48.5 Å². The molecule has 6 nitrogen and oxygen atoms in total. The molecule has 2 aromatic heterocycles. The number of aromatic nitrogens is 2. The first kappa shape index (κ1) is 17.1. The summed E-state index contributed by atoms with van der Waals surface area (Å²) in [4.78, 5) is 13.0. The number of carbonyl (C=O) groups is 1. The van der Waals surface area contributed by atoms with Crippen LogP contribution in [0.5, 0.6) is 0 Å². The molecule has 0 unspecified atom stereocenters. The highest BCUT2D eigenvalue weighted by Crippen LogP contribution is 2.25. The molecule has 0 atom stereocenters. The second-order valence-corrected chi connectivity index (χ2v) is 6.66. The minimum absolute atomic E-state index is 0.277. The monoisotopic (exact) mass is 377 g/mol. The van der Waals surface area contributed by atoms with Gasteiger partial charge in [0.1, 0.15) is 0 Å². The van der Waals surface area contributed by atoms with Crippen molar-refractivity contribution in [2.24, 2.45) is 0 Å². The van der Waals surface area contributed by atoms with Crippen molar-refractivity contribution in [1.29, 1.82) is 0 Å². The van der Waals surface area contributed by atoms with E-state index in [9.17, 15) is 4.79 Å². The van der Waals surface area contributed by atoms with Crippen LogP contribution in [-0.4, -0.2) is 16.1 Å². The summed E-state index contributed by atoms with van der Waals surface area (Å²) in [5, 5.41) is 11.0. The van der Waals surface area contributed by atoms with Crippen molar-refractivity contribution >= 4 is 23.4 Å². The summed E-state index contributed by atoms with van der Waals surface area (Å²) in [7, 11) is 0. The largest absolute Gasteiger partial charge is 0.459 e. The van der Waals surface area contributed by atoms with Gasteiger partial charge in [0.25, 0.3) is 5.91 Å². The van der Waals surface area contributed by atoms with Crippen LogP contribution in [0.3, 0.4) is 0 Å². The number of thioether (sulfide) groups is 1. The molecule has 7 heteroatoms. The average molecular weight is 377 g/mol. The molecule has 0 radical (unpaired) electrons. The SMILES string of the molecule is O=C(Nc1ccc(SCc2nnc(-c3ccccc3)o2)cc1)c1ccco1. The fourth-order valence-electron chi connectivity index (χ4n) is 2.39. The molecule has 0 aliphatic rings. The van der Waals surface area contributed by atoms with Crippen LogP contribution in [0.2, 0.25) is 0 Å². The zero-order valence-electron chi connectivity index (χ0n) is 14.2. The van der Waals surface area contributed by atoms with Crippen molar-refractivity contribution < 1.29 is 13.6 Å². The number of carbonyl (C=O) groups excluding carboxylic acids is 1. The summed E-state index contributed by atoms with van der Waals surface area (Å²) in [5.41, 5.74) is 1.60. The number of furan rings is 1. The van der Waals surface area contributed by atoms with Crippen molar-refractivity contribution in [3.05, 3.63) is 84.6 Å². The van der Waals surface area contributed by atoms with Gasteiger partial charge >= 0.3 is 0 Å². The van der Waals surface area contributed by atoms with Crippen molar-refractivity contribution in [1.82, 2.24) is 10.2 Å². The summed E-state index contributed by atoms with van der Waals surface area (Å²) in [6.45, 7) is 0. The van der Waals surface area contributed by atoms with Crippen molar-refractivity contribution in [2.45, 2.75) is 10.6 Å². The highest BCUT2D eigenvalue weighted by molar-refractivity contribution is 7.98. The Labute approximate surface area is 159 Å². The molecule has 0 bridgehead atoms. The number of hydrogen-bond acceptors (Lipinski definition) is 6. The number of rotatable bonds is 6. The maximum absolute atomic E-state index is 12.0. The Morgan fingerprint density at radius 2 is 1.78 bits per heavy atom. The van der Waals surface area contributed by atoms with E-state index in [-0.39, 0.29) is 11.7 Å². The first-order valence-corrected chi connectivity index (χ1v) is 9.22. The van der Waals surface area contributed by atoms with Crippen LogP contribution in [0.1, 0.15) is 16.4 Å². The molecule has 0 aliphatic carbocycles. The minimum Gasteiger partial charge on any atom is -0.459 e. The molecule has 2 aromatic carbocycles. The van der Waals surface area contributed by atoms with Crippen LogP contribution < -0.4 is 5.32 Å². The quantitative estimate of drug-likeness (QED) is 0.483. The Balaban J connectivity index is 1.34.